The number of carbonyl (C=O) groups excluding carboxylic acids is 1. The zero-order valence-corrected chi connectivity index (χ0v) is 9.34. The van der Waals surface area contributed by atoms with Crippen molar-refractivity contribution >= 4 is 16.8 Å². The molecule has 76 valence electrons. The van der Waals surface area contributed by atoms with E-state index in [4.69, 9.17) is 11.6 Å². The topological polar surface area (TPSA) is 17.1 Å². The molecule has 0 N–H and O–H groups in total. The van der Waals surface area contributed by atoms with Crippen molar-refractivity contribution in [2.75, 3.05) is 0 Å². The van der Waals surface area contributed by atoms with E-state index < -0.39 is 0 Å². The van der Waals surface area contributed by atoms with Crippen molar-refractivity contribution in [1.82, 2.24) is 0 Å². The third-order valence-corrected chi connectivity index (χ3v) is 2.68. The molecule has 0 heterocycles. The summed E-state index contributed by atoms with van der Waals surface area (Å²) < 4.78 is 0. The van der Waals surface area contributed by atoms with Gasteiger partial charge in [-0.2, -0.15) is 0 Å². The molecular weight excluding hydrogens is 196 g/mol. The van der Waals surface area contributed by atoms with Crippen LogP contribution in [0.1, 0.15) is 36.2 Å². The molecule has 0 aliphatic heterocycles. The fourth-order valence-corrected chi connectivity index (χ4v) is 1.44. The first kappa shape index (κ1) is 11.3. The van der Waals surface area contributed by atoms with E-state index in [1.165, 1.54) is 12.0 Å². The second-order valence-electron chi connectivity index (χ2n) is 3.69. The van der Waals surface area contributed by atoms with Crippen molar-refractivity contribution in [1.29, 1.82) is 0 Å². The Morgan fingerprint density at radius 2 is 1.93 bits per heavy atom. The minimum atomic E-state index is -0.389. The molecule has 0 fully saturated rings. The molecule has 0 aromatic heterocycles. The third-order valence-electron chi connectivity index (χ3n) is 2.46. The molecule has 0 spiro atoms. The zero-order valence-electron chi connectivity index (χ0n) is 8.59. The Hall–Kier alpha value is -0.820. The molecule has 1 atom stereocenters. The minimum Gasteiger partial charge on any atom is -0.276 e. The van der Waals surface area contributed by atoms with E-state index in [2.05, 4.69) is 13.8 Å². The Labute approximate surface area is 90.1 Å². The predicted octanol–water partition coefficient (Wildman–Crippen LogP) is 3.65. The van der Waals surface area contributed by atoms with E-state index in [0.29, 0.717) is 11.5 Å². The Balaban J connectivity index is 2.68. The predicted molar refractivity (Wildman–Crippen MR) is 59.8 cm³/mol. The molecule has 2 heteroatoms. The third kappa shape index (κ3) is 3.15. The van der Waals surface area contributed by atoms with Crippen LogP contribution < -0.4 is 0 Å². The van der Waals surface area contributed by atoms with Gasteiger partial charge in [0.25, 0.3) is 5.24 Å². The number of halogens is 1. The van der Waals surface area contributed by atoms with Crippen LogP contribution in [0, 0.1) is 5.92 Å². The van der Waals surface area contributed by atoms with Gasteiger partial charge in [-0.05, 0) is 41.6 Å². The summed E-state index contributed by atoms with van der Waals surface area (Å²) in [4.78, 5) is 10.8. The molecule has 0 aliphatic rings. The summed E-state index contributed by atoms with van der Waals surface area (Å²) in [5.74, 6) is 0.688. The first-order valence-corrected chi connectivity index (χ1v) is 5.30. The van der Waals surface area contributed by atoms with Gasteiger partial charge in [-0.15, -0.1) is 0 Å². The van der Waals surface area contributed by atoms with E-state index in [-0.39, 0.29) is 5.24 Å². The molecule has 1 unspecified atom stereocenters. The monoisotopic (exact) mass is 210 g/mol. The number of carbonyl (C=O) groups is 1. The van der Waals surface area contributed by atoms with Gasteiger partial charge in [0.2, 0.25) is 0 Å². The fourth-order valence-electron chi connectivity index (χ4n) is 1.32. The van der Waals surface area contributed by atoms with Gasteiger partial charge in [-0.25, -0.2) is 0 Å². The molecule has 1 nitrogen and oxygen atoms in total. The minimum absolute atomic E-state index is 0.389. The lowest BCUT2D eigenvalue weighted by atomic mass is 9.98. The van der Waals surface area contributed by atoms with Crippen LogP contribution >= 0.6 is 11.6 Å². The second-order valence-corrected chi connectivity index (χ2v) is 4.03. The smallest absolute Gasteiger partial charge is 0.252 e. The average Bonchev–Trinajstić information content (AvgIpc) is 2.18. The molecule has 1 aromatic rings. The molecule has 1 rings (SSSR count). The van der Waals surface area contributed by atoms with Crippen LogP contribution in [0.25, 0.3) is 0 Å². The summed E-state index contributed by atoms with van der Waals surface area (Å²) in [5.41, 5.74) is 1.83. The van der Waals surface area contributed by atoms with Crippen LogP contribution in [0.2, 0.25) is 0 Å². The summed E-state index contributed by atoms with van der Waals surface area (Å²) in [6.45, 7) is 4.40. The Kier molecular flexibility index (Phi) is 4.15. The molecule has 0 saturated carbocycles. The Morgan fingerprint density at radius 3 is 2.36 bits per heavy atom. The van der Waals surface area contributed by atoms with Crippen molar-refractivity contribution in [3.05, 3.63) is 35.4 Å². The second kappa shape index (κ2) is 5.16. The number of hydrogen-bond donors (Lipinski definition) is 0. The van der Waals surface area contributed by atoms with E-state index in [0.717, 1.165) is 6.42 Å². The highest BCUT2D eigenvalue weighted by Gasteiger charge is 2.03. The maximum absolute atomic E-state index is 10.8. The van der Waals surface area contributed by atoms with E-state index in [1.807, 2.05) is 12.1 Å². The molecule has 14 heavy (non-hydrogen) atoms. The van der Waals surface area contributed by atoms with E-state index >= 15 is 0 Å². The van der Waals surface area contributed by atoms with Crippen LogP contribution in [-0.2, 0) is 6.42 Å². The van der Waals surface area contributed by atoms with Crippen molar-refractivity contribution in [3.63, 3.8) is 0 Å². The lowest BCUT2D eigenvalue weighted by molar-refractivity contribution is 0.108. The van der Waals surface area contributed by atoms with Gasteiger partial charge >= 0.3 is 0 Å². The maximum Gasteiger partial charge on any atom is 0.252 e. The SMILES string of the molecule is CCC(C)Cc1ccc(C(=O)Cl)cc1. The van der Waals surface area contributed by atoms with Crippen LogP contribution in [-0.4, -0.2) is 5.24 Å². The van der Waals surface area contributed by atoms with Gasteiger partial charge in [-0.1, -0.05) is 32.4 Å². The number of benzene rings is 1. The summed E-state index contributed by atoms with van der Waals surface area (Å²) >= 11 is 5.35. The fraction of sp³-hybridized carbons (Fsp3) is 0.417. The Bertz CT molecular complexity index is 303. The van der Waals surface area contributed by atoms with Gasteiger partial charge in [0, 0.05) is 5.56 Å². The molecular formula is C12H15ClO. The average molecular weight is 211 g/mol. The maximum atomic E-state index is 10.8. The summed E-state index contributed by atoms with van der Waals surface area (Å²) in [6.07, 6.45) is 2.24. The van der Waals surface area contributed by atoms with Crippen LogP contribution in [0.4, 0.5) is 0 Å². The van der Waals surface area contributed by atoms with Gasteiger partial charge in [-0.3, -0.25) is 4.79 Å². The highest BCUT2D eigenvalue weighted by molar-refractivity contribution is 6.67. The van der Waals surface area contributed by atoms with Crippen LogP contribution in [0.3, 0.4) is 0 Å². The van der Waals surface area contributed by atoms with E-state index in [9.17, 15) is 4.79 Å². The summed E-state index contributed by atoms with van der Waals surface area (Å²) in [5, 5.41) is -0.389. The van der Waals surface area contributed by atoms with Gasteiger partial charge in [0.15, 0.2) is 0 Å². The van der Waals surface area contributed by atoms with Gasteiger partial charge in [0.05, 0.1) is 0 Å². The normalized spacial score (nSPS) is 12.5. The molecule has 0 bridgehead atoms. The van der Waals surface area contributed by atoms with Gasteiger partial charge < -0.3 is 0 Å². The van der Waals surface area contributed by atoms with Crippen molar-refractivity contribution in [3.8, 4) is 0 Å². The van der Waals surface area contributed by atoms with Crippen molar-refractivity contribution < 1.29 is 4.79 Å². The summed E-state index contributed by atoms with van der Waals surface area (Å²) in [6, 6.07) is 7.52. The molecule has 1 aromatic carbocycles. The van der Waals surface area contributed by atoms with Crippen LogP contribution in [0.5, 0.6) is 0 Å². The molecule has 0 saturated heterocycles. The van der Waals surface area contributed by atoms with E-state index in [1.54, 1.807) is 12.1 Å². The first-order valence-electron chi connectivity index (χ1n) is 4.92. The largest absolute Gasteiger partial charge is 0.276 e. The standard InChI is InChI=1S/C12H15ClO/c1-3-9(2)8-10-4-6-11(7-5-10)12(13)14/h4-7,9H,3,8H2,1-2H3. The summed E-state index contributed by atoms with van der Waals surface area (Å²) in [7, 11) is 0. The molecule has 0 aliphatic carbocycles. The van der Waals surface area contributed by atoms with Gasteiger partial charge in [0.1, 0.15) is 0 Å². The molecule has 0 radical (unpaired) electrons. The lowest BCUT2D eigenvalue weighted by Gasteiger charge is -2.07. The molecule has 0 amide bonds. The first-order chi connectivity index (χ1) is 6.63. The number of hydrogen-bond acceptors (Lipinski definition) is 1. The number of rotatable bonds is 4. The highest BCUT2D eigenvalue weighted by atomic mass is 35.5. The highest BCUT2D eigenvalue weighted by Crippen LogP contribution is 2.13. The van der Waals surface area contributed by atoms with Crippen molar-refractivity contribution in [2.24, 2.45) is 5.92 Å². The quantitative estimate of drug-likeness (QED) is 0.694. The lowest BCUT2D eigenvalue weighted by Crippen LogP contribution is -1.98. The van der Waals surface area contributed by atoms with Crippen molar-refractivity contribution in [2.45, 2.75) is 26.7 Å². The Morgan fingerprint density at radius 1 is 1.36 bits per heavy atom. The van der Waals surface area contributed by atoms with Crippen LogP contribution in [0.15, 0.2) is 24.3 Å². The zero-order chi connectivity index (χ0) is 10.6.